The molecule has 0 fully saturated rings. The first kappa shape index (κ1) is 15.7. The summed E-state index contributed by atoms with van der Waals surface area (Å²) in [5.74, 6) is -1.31. The van der Waals surface area contributed by atoms with E-state index in [1.54, 1.807) is 0 Å². The highest BCUT2D eigenvalue weighted by molar-refractivity contribution is 9.10. The molecule has 0 radical (unpaired) electrons. The lowest BCUT2D eigenvalue weighted by Crippen LogP contribution is -2.11. The largest absolute Gasteiger partial charge is 0.465 e. The monoisotopic (exact) mass is 372 g/mol. The van der Waals surface area contributed by atoms with Gasteiger partial charge in [-0.25, -0.2) is 17.6 Å². The fourth-order valence-electron chi connectivity index (χ4n) is 1.75. The summed E-state index contributed by atoms with van der Waals surface area (Å²) in [4.78, 5) is 11.5. The zero-order chi connectivity index (χ0) is 15.6. The Bertz CT molecular complexity index is 785. The SMILES string of the molecule is COC(=O)c1cc(Br)ccc1S(=O)(=O)c1ccc(F)cc1. The Morgan fingerprint density at radius 1 is 1.14 bits per heavy atom. The van der Waals surface area contributed by atoms with Gasteiger partial charge in [-0.15, -0.1) is 0 Å². The molecule has 2 rings (SSSR count). The van der Waals surface area contributed by atoms with Crippen molar-refractivity contribution in [3.8, 4) is 0 Å². The van der Waals surface area contributed by atoms with Gasteiger partial charge < -0.3 is 4.74 Å². The number of ether oxygens (including phenoxy) is 1. The van der Waals surface area contributed by atoms with Gasteiger partial charge in [-0.1, -0.05) is 15.9 Å². The normalized spacial score (nSPS) is 11.2. The third-order valence-electron chi connectivity index (χ3n) is 2.76. The molecule has 2 aromatic carbocycles. The van der Waals surface area contributed by atoms with Crippen LogP contribution in [0.25, 0.3) is 0 Å². The molecule has 110 valence electrons. The van der Waals surface area contributed by atoms with Crippen LogP contribution in [0, 0.1) is 5.82 Å². The number of halogens is 2. The second-order valence-corrected chi connectivity index (χ2v) is 6.92. The first-order valence-electron chi connectivity index (χ1n) is 5.75. The Hall–Kier alpha value is -1.73. The van der Waals surface area contributed by atoms with E-state index < -0.39 is 21.6 Å². The van der Waals surface area contributed by atoms with E-state index in [-0.39, 0.29) is 15.4 Å². The van der Waals surface area contributed by atoms with Crippen molar-refractivity contribution in [1.82, 2.24) is 0 Å². The zero-order valence-corrected chi connectivity index (χ0v) is 13.2. The highest BCUT2D eigenvalue weighted by atomic mass is 79.9. The van der Waals surface area contributed by atoms with Crippen LogP contribution in [-0.2, 0) is 14.6 Å². The first-order chi connectivity index (χ1) is 9.86. The molecule has 0 bridgehead atoms. The maximum Gasteiger partial charge on any atom is 0.339 e. The van der Waals surface area contributed by atoms with Crippen LogP contribution < -0.4 is 0 Å². The number of esters is 1. The van der Waals surface area contributed by atoms with Crippen molar-refractivity contribution in [2.75, 3.05) is 7.11 Å². The van der Waals surface area contributed by atoms with E-state index in [2.05, 4.69) is 20.7 Å². The van der Waals surface area contributed by atoms with Gasteiger partial charge in [0, 0.05) is 4.47 Å². The van der Waals surface area contributed by atoms with Crippen LogP contribution >= 0.6 is 15.9 Å². The van der Waals surface area contributed by atoms with Gasteiger partial charge in [0.05, 0.1) is 22.5 Å². The Morgan fingerprint density at radius 3 is 2.33 bits per heavy atom. The van der Waals surface area contributed by atoms with E-state index in [4.69, 9.17) is 0 Å². The summed E-state index contributed by atoms with van der Waals surface area (Å²) in [7, 11) is -2.78. The highest BCUT2D eigenvalue weighted by Crippen LogP contribution is 2.27. The van der Waals surface area contributed by atoms with Crippen molar-refractivity contribution in [3.63, 3.8) is 0 Å². The molecule has 0 saturated heterocycles. The van der Waals surface area contributed by atoms with E-state index in [0.29, 0.717) is 4.47 Å². The molecule has 7 heteroatoms. The number of hydrogen-bond acceptors (Lipinski definition) is 4. The molecule has 0 saturated carbocycles. The van der Waals surface area contributed by atoms with Gasteiger partial charge in [0.15, 0.2) is 0 Å². The maximum absolute atomic E-state index is 12.9. The van der Waals surface area contributed by atoms with E-state index in [1.807, 2.05) is 0 Å². The lowest BCUT2D eigenvalue weighted by atomic mass is 10.2. The lowest BCUT2D eigenvalue weighted by Gasteiger charge is -2.10. The quantitative estimate of drug-likeness (QED) is 0.613. The minimum atomic E-state index is -3.95. The molecule has 0 atom stereocenters. The average Bonchev–Trinajstić information content (AvgIpc) is 2.46. The summed E-state index contributed by atoms with van der Waals surface area (Å²) in [6.45, 7) is 0. The van der Waals surface area contributed by atoms with Crippen molar-refractivity contribution in [1.29, 1.82) is 0 Å². The van der Waals surface area contributed by atoms with E-state index >= 15 is 0 Å². The van der Waals surface area contributed by atoms with Gasteiger partial charge in [-0.3, -0.25) is 0 Å². The molecule has 21 heavy (non-hydrogen) atoms. The Morgan fingerprint density at radius 2 is 1.76 bits per heavy atom. The molecule has 0 aliphatic carbocycles. The molecule has 0 spiro atoms. The number of carbonyl (C=O) groups excluding carboxylic acids is 1. The standard InChI is InChI=1S/C14H10BrFO4S/c1-20-14(17)12-8-9(15)2-7-13(12)21(18,19)11-5-3-10(16)4-6-11/h2-8H,1H3. The Labute approximate surface area is 129 Å². The predicted molar refractivity (Wildman–Crippen MR) is 77.3 cm³/mol. The van der Waals surface area contributed by atoms with Gasteiger partial charge in [0.1, 0.15) is 5.82 Å². The molecule has 2 aromatic rings. The summed E-state index contributed by atoms with van der Waals surface area (Å²) in [6.07, 6.45) is 0. The number of rotatable bonds is 3. The minimum absolute atomic E-state index is 0.0869. The molecule has 0 aliphatic heterocycles. The number of carbonyl (C=O) groups is 1. The van der Waals surface area contributed by atoms with Crippen LogP contribution in [0.5, 0.6) is 0 Å². The van der Waals surface area contributed by atoms with Crippen molar-refractivity contribution < 1.29 is 22.3 Å². The molecule has 0 aromatic heterocycles. The van der Waals surface area contributed by atoms with Crippen LogP contribution in [0.1, 0.15) is 10.4 Å². The van der Waals surface area contributed by atoms with Gasteiger partial charge in [-0.05, 0) is 42.5 Å². The molecular weight excluding hydrogens is 363 g/mol. The maximum atomic E-state index is 12.9. The summed E-state index contributed by atoms with van der Waals surface area (Å²) < 4.78 is 43.2. The molecular formula is C14H10BrFO4S. The van der Waals surface area contributed by atoms with Crippen LogP contribution in [0.3, 0.4) is 0 Å². The molecule has 0 N–H and O–H groups in total. The highest BCUT2D eigenvalue weighted by Gasteiger charge is 2.25. The number of benzene rings is 2. The molecule has 0 unspecified atom stereocenters. The Kier molecular flexibility index (Phi) is 4.43. The number of sulfone groups is 1. The van der Waals surface area contributed by atoms with E-state index in [9.17, 15) is 17.6 Å². The summed E-state index contributed by atoms with van der Waals surface area (Å²) >= 11 is 3.17. The smallest absolute Gasteiger partial charge is 0.339 e. The fourth-order valence-corrected chi connectivity index (χ4v) is 3.54. The second kappa shape index (κ2) is 5.95. The lowest BCUT2D eigenvalue weighted by molar-refractivity contribution is 0.0596. The Balaban J connectivity index is 2.65. The van der Waals surface area contributed by atoms with Crippen molar-refractivity contribution in [3.05, 3.63) is 58.3 Å². The van der Waals surface area contributed by atoms with Gasteiger partial charge >= 0.3 is 5.97 Å². The molecule has 0 amide bonds. The topological polar surface area (TPSA) is 60.4 Å². The van der Waals surface area contributed by atoms with Crippen molar-refractivity contribution in [2.45, 2.75) is 9.79 Å². The van der Waals surface area contributed by atoms with E-state index in [1.165, 1.54) is 18.2 Å². The van der Waals surface area contributed by atoms with Crippen LogP contribution in [0.15, 0.2) is 56.7 Å². The minimum Gasteiger partial charge on any atom is -0.465 e. The molecule has 0 heterocycles. The first-order valence-corrected chi connectivity index (χ1v) is 8.02. The summed E-state index contributed by atoms with van der Waals surface area (Å²) in [5.41, 5.74) is -0.0869. The third kappa shape index (κ3) is 3.14. The van der Waals surface area contributed by atoms with Gasteiger partial charge in [-0.2, -0.15) is 0 Å². The number of hydrogen-bond donors (Lipinski definition) is 0. The van der Waals surface area contributed by atoms with Crippen LogP contribution in [0.4, 0.5) is 4.39 Å². The zero-order valence-electron chi connectivity index (χ0n) is 10.8. The van der Waals surface area contributed by atoms with Crippen LogP contribution in [-0.4, -0.2) is 21.5 Å². The summed E-state index contributed by atoms with van der Waals surface area (Å²) in [6, 6.07) is 8.55. The molecule has 4 nitrogen and oxygen atoms in total. The fraction of sp³-hybridized carbons (Fsp3) is 0.0714. The third-order valence-corrected chi connectivity index (χ3v) is 5.08. The second-order valence-electron chi connectivity index (χ2n) is 4.09. The van der Waals surface area contributed by atoms with Gasteiger partial charge in [0.2, 0.25) is 9.84 Å². The van der Waals surface area contributed by atoms with Crippen molar-refractivity contribution in [2.24, 2.45) is 0 Å². The molecule has 0 aliphatic rings. The van der Waals surface area contributed by atoms with Crippen molar-refractivity contribution >= 4 is 31.7 Å². The van der Waals surface area contributed by atoms with E-state index in [0.717, 1.165) is 31.4 Å². The average molecular weight is 373 g/mol. The van der Waals surface area contributed by atoms with Gasteiger partial charge in [0.25, 0.3) is 0 Å². The van der Waals surface area contributed by atoms with Crippen LogP contribution in [0.2, 0.25) is 0 Å². The number of methoxy groups -OCH3 is 1. The summed E-state index contributed by atoms with van der Waals surface area (Å²) in [5, 5.41) is 0. The predicted octanol–water partition coefficient (Wildman–Crippen LogP) is 3.21.